The normalized spacial score (nSPS) is 20.5. The van der Waals surface area contributed by atoms with Gasteiger partial charge in [0.2, 0.25) is 0 Å². The highest BCUT2D eigenvalue weighted by Crippen LogP contribution is 2.32. The number of benzene rings is 2. The second-order valence-electron chi connectivity index (χ2n) is 6.26. The van der Waals surface area contributed by atoms with Gasteiger partial charge in [-0.1, -0.05) is 54.6 Å². The SMILES string of the molecule is O=C(c1nccc2ccccc12)N1CC[C@](O)(c2ccccc2)C1. The third-order valence-electron chi connectivity index (χ3n) is 4.72. The number of amides is 1. The fraction of sp³-hybridized carbons (Fsp3) is 0.200. The van der Waals surface area contributed by atoms with Gasteiger partial charge in [-0.3, -0.25) is 9.78 Å². The summed E-state index contributed by atoms with van der Waals surface area (Å²) in [5, 5.41) is 12.8. The summed E-state index contributed by atoms with van der Waals surface area (Å²) >= 11 is 0. The summed E-state index contributed by atoms with van der Waals surface area (Å²) in [6, 6.07) is 19.2. The molecule has 2 heterocycles. The van der Waals surface area contributed by atoms with E-state index >= 15 is 0 Å². The molecule has 3 aromatic rings. The van der Waals surface area contributed by atoms with Crippen molar-refractivity contribution in [2.45, 2.75) is 12.0 Å². The zero-order valence-electron chi connectivity index (χ0n) is 13.2. The first-order chi connectivity index (χ1) is 11.7. The molecule has 4 nitrogen and oxygen atoms in total. The molecule has 120 valence electrons. The van der Waals surface area contributed by atoms with Crippen LogP contribution in [0.4, 0.5) is 0 Å². The Balaban J connectivity index is 1.64. The number of β-amino-alcohol motifs (C(OH)–C–C–N with tert-alkyl or cyclic N) is 1. The van der Waals surface area contributed by atoms with Gasteiger partial charge in [0.1, 0.15) is 11.3 Å². The van der Waals surface area contributed by atoms with Gasteiger partial charge < -0.3 is 10.0 Å². The molecule has 1 fully saturated rings. The number of carbonyl (C=O) groups excluding carboxylic acids is 1. The molecule has 1 atom stereocenters. The number of aliphatic hydroxyl groups is 1. The Hall–Kier alpha value is -2.72. The van der Waals surface area contributed by atoms with Crippen LogP contribution in [-0.4, -0.2) is 34.0 Å². The fourth-order valence-corrected chi connectivity index (χ4v) is 3.39. The minimum absolute atomic E-state index is 0.126. The second kappa shape index (κ2) is 5.73. The van der Waals surface area contributed by atoms with Crippen LogP contribution in [0.5, 0.6) is 0 Å². The lowest BCUT2D eigenvalue weighted by atomic mass is 9.93. The fourth-order valence-electron chi connectivity index (χ4n) is 3.39. The Bertz CT molecular complexity index is 889. The number of likely N-dealkylation sites (tertiary alicyclic amines) is 1. The Morgan fingerprint density at radius 1 is 1.04 bits per heavy atom. The molecule has 1 aliphatic heterocycles. The van der Waals surface area contributed by atoms with E-state index in [1.807, 2.05) is 60.7 Å². The van der Waals surface area contributed by atoms with Crippen molar-refractivity contribution < 1.29 is 9.90 Å². The summed E-state index contributed by atoms with van der Waals surface area (Å²) in [5.41, 5.74) is 0.318. The summed E-state index contributed by atoms with van der Waals surface area (Å²) in [4.78, 5) is 18.9. The molecule has 1 N–H and O–H groups in total. The Morgan fingerprint density at radius 3 is 2.62 bits per heavy atom. The van der Waals surface area contributed by atoms with Crippen molar-refractivity contribution in [2.24, 2.45) is 0 Å². The number of pyridine rings is 1. The minimum Gasteiger partial charge on any atom is -0.383 e. The van der Waals surface area contributed by atoms with Crippen molar-refractivity contribution in [1.82, 2.24) is 9.88 Å². The largest absolute Gasteiger partial charge is 0.383 e. The van der Waals surface area contributed by atoms with E-state index in [9.17, 15) is 9.90 Å². The molecule has 4 rings (SSSR count). The van der Waals surface area contributed by atoms with E-state index in [1.165, 1.54) is 0 Å². The van der Waals surface area contributed by atoms with Gasteiger partial charge in [0, 0.05) is 18.1 Å². The summed E-state index contributed by atoms with van der Waals surface area (Å²) < 4.78 is 0. The topological polar surface area (TPSA) is 53.4 Å². The number of fused-ring (bicyclic) bond motifs is 1. The van der Waals surface area contributed by atoms with E-state index in [1.54, 1.807) is 11.1 Å². The average Bonchev–Trinajstić information content (AvgIpc) is 3.05. The van der Waals surface area contributed by atoms with Gasteiger partial charge >= 0.3 is 0 Å². The smallest absolute Gasteiger partial charge is 0.273 e. The van der Waals surface area contributed by atoms with Gasteiger partial charge in [-0.25, -0.2) is 0 Å². The van der Waals surface area contributed by atoms with Crippen molar-refractivity contribution in [3.05, 3.63) is 78.1 Å². The summed E-state index contributed by atoms with van der Waals surface area (Å²) in [6.07, 6.45) is 2.20. The molecule has 1 aliphatic rings. The number of aromatic nitrogens is 1. The van der Waals surface area contributed by atoms with E-state index < -0.39 is 5.60 Å². The first-order valence-corrected chi connectivity index (χ1v) is 8.08. The lowest BCUT2D eigenvalue weighted by Crippen LogP contribution is -2.34. The maximum absolute atomic E-state index is 12.9. The molecular weight excluding hydrogens is 300 g/mol. The summed E-state index contributed by atoms with van der Waals surface area (Å²) in [5.74, 6) is -0.126. The molecule has 0 radical (unpaired) electrons. The van der Waals surface area contributed by atoms with Gasteiger partial charge in [-0.05, 0) is 23.4 Å². The van der Waals surface area contributed by atoms with Gasteiger partial charge in [-0.15, -0.1) is 0 Å². The predicted molar refractivity (Wildman–Crippen MR) is 92.6 cm³/mol. The van der Waals surface area contributed by atoms with Crippen LogP contribution >= 0.6 is 0 Å². The predicted octanol–water partition coefficient (Wildman–Crippen LogP) is 2.97. The number of hydrogen-bond donors (Lipinski definition) is 1. The average molecular weight is 318 g/mol. The molecule has 24 heavy (non-hydrogen) atoms. The van der Waals surface area contributed by atoms with E-state index in [2.05, 4.69) is 4.98 Å². The molecule has 1 saturated heterocycles. The zero-order valence-corrected chi connectivity index (χ0v) is 13.2. The van der Waals surface area contributed by atoms with Crippen LogP contribution in [0.3, 0.4) is 0 Å². The van der Waals surface area contributed by atoms with E-state index in [0.29, 0.717) is 25.2 Å². The van der Waals surface area contributed by atoms with Gasteiger partial charge in [0.05, 0.1) is 6.54 Å². The van der Waals surface area contributed by atoms with Crippen LogP contribution in [0, 0.1) is 0 Å². The highest BCUT2D eigenvalue weighted by atomic mass is 16.3. The van der Waals surface area contributed by atoms with Crippen LogP contribution in [0.25, 0.3) is 10.8 Å². The van der Waals surface area contributed by atoms with Crippen LogP contribution in [0.2, 0.25) is 0 Å². The number of hydrogen-bond acceptors (Lipinski definition) is 3. The van der Waals surface area contributed by atoms with Crippen LogP contribution in [0.15, 0.2) is 66.9 Å². The van der Waals surface area contributed by atoms with Crippen LogP contribution < -0.4 is 0 Å². The first kappa shape index (κ1) is 14.8. The van der Waals surface area contributed by atoms with Crippen LogP contribution in [-0.2, 0) is 5.60 Å². The lowest BCUT2D eigenvalue weighted by Gasteiger charge is -2.24. The van der Waals surface area contributed by atoms with Crippen molar-refractivity contribution >= 4 is 16.7 Å². The molecule has 2 aromatic carbocycles. The monoisotopic (exact) mass is 318 g/mol. The molecule has 0 unspecified atom stereocenters. The maximum atomic E-state index is 12.9. The molecule has 0 bridgehead atoms. The summed E-state index contributed by atoms with van der Waals surface area (Å²) in [7, 11) is 0. The van der Waals surface area contributed by atoms with Gasteiger partial charge in [-0.2, -0.15) is 0 Å². The molecule has 0 aliphatic carbocycles. The highest BCUT2D eigenvalue weighted by molar-refractivity contribution is 6.05. The van der Waals surface area contributed by atoms with Crippen molar-refractivity contribution in [3.63, 3.8) is 0 Å². The Labute approximate surface area is 140 Å². The molecule has 4 heteroatoms. The van der Waals surface area contributed by atoms with E-state index in [0.717, 1.165) is 16.3 Å². The highest BCUT2D eigenvalue weighted by Gasteiger charge is 2.40. The third-order valence-corrected chi connectivity index (χ3v) is 4.72. The summed E-state index contributed by atoms with van der Waals surface area (Å²) in [6.45, 7) is 0.815. The maximum Gasteiger partial charge on any atom is 0.273 e. The number of carbonyl (C=O) groups is 1. The molecule has 0 saturated carbocycles. The van der Waals surface area contributed by atoms with Gasteiger partial charge in [0.25, 0.3) is 5.91 Å². The second-order valence-corrected chi connectivity index (χ2v) is 6.26. The number of nitrogens with zero attached hydrogens (tertiary/aromatic N) is 2. The Morgan fingerprint density at radius 2 is 1.79 bits per heavy atom. The van der Waals surface area contributed by atoms with Crippen LogP contribution in [0.1, 0.15) is 22.5 Å². The van der Waals surface area contributed by atoms with Gasteiger partial charge in [0.15, 0.2) is 0 Å². The van der Waals surface area contributed by atoms with E-state index in [4.69, 9.17) is 0 Å². The van der Waals surface area contributed by atoms with Crippen molar-refractivity contribution in [2.75, 3.05) is 13.1 Å². The lowest BCUT2D eigenvalue weighted by molar-refractivity contribution is 0.0416. The zero-order chi connectivity index (χ0) is 16.6. The third kappa shape index (κ3) is 2.45. The van der Waals surface area contributed by atoms with Crippen molar-refractivity contribution in [1.29, 1.82) is 0 Å². The Kier molecular flexibility index (Phi) is 3.54. The molecule has 0 spiro atoms. The molecular formula is C20H18N2O2. The van der Waals surface area contributed by atoms with Crippen molar-refractivity contribution in [3.8, 4) is 0 Å². The number of rotatable bonds is 2. The standard InChI is InChI=1S/C20H18N2O2/c23-19(18-17-9-5-4-6-15(17)10-12-21-18)22-13-11-20(24,14-22)16-7-2-1-3-8-16/h1-10,12,24H,11,13-14H2/t20-/m1/s1. The molecule has 1 amide bonds. The first-order valence-electron chi connectivity index (χ1n) is 8.08. The quantitative estimate of drug-likeness (QED) is 0.790. The van der Waals surface area contributed by atoms with E-state index in [-0.39, 0.29) is 5.91 Å². The minimum atomic E-state index is -0.985. The molecule has 1 aromatic heterocycles.